The first-order valence-corrected chi connectivity index (χ1v) is 9.63. The van der Waals surface area contributed by atoms with Crippen LogP contribution in [0.15, 0.2) is 35.5 Å². The normalized spacial score (nSPS) is 15.4. The summed E-state index contributed by atoms with van der Waals surface area (Å²) in [4.78, 5) is 0. The molecule has 0 spiro atoms. The van der Waals surface area contributed by atoms with Crippen LogP contribution in [0.4, 0.5) is 26.3 Å². The molecule has 0 saturated carbocycles. The van der Waals surface area contributed by atoms with Crippen molar-refractivity contribution in [3.63, 3.8) is 0 Å². The van der Waals surface area contributed by atoms with Crippen molar-refractivity contribution in [3.8, 4) is 0 Å². The van der Waals surface area contributed by atoms with E-state index in [1.54, 1.807) is 0 Å². The van der Waals surface area contributed by atoms with Crippen LogP contribution in [0.25, 0.3) is 0 Å². The van der Waals surface area contributed by atoms with Crippen molar-refractivity contribution in [1.82, 2.24) is 0 Å². The first-order valence-electron chi connectivity index (χ1n) is 6.81. The van der Waals surface area contributed by atoms with Crippen molar-refractivity contribution in [3.05, 3.63) is 47.6 Å². The Balaban J connectivity index is -0.000000309. The minimum Gasteiger partial charge on any atom is -0.741 e. The van der Waals surface area contributed by atoms with E-state index < -0.39 is 31.3 Å². The van der Waals surface area contributed by atoms with E-state index in [0.717, 1.165) is 12.8 Å². The van der Waals surface area contributed by atoms with Crippen LogP contribution in [0, 0.1) is 12.2 Å². The van der Waals surface area contributed by atoms with E-state index in [1.165, 1.54) is 11.1 Å². The summed E-state index contributed by atoms with van der Waals surface area (Å²) >= 11 is 0. The van der Waals surface area contributed by atoms with Crippen LogP contribution in [0.2, 0.25) is 0 Å². The smallest absolute Gasteiger partial charge is 0.741 e. The average Bonchev–Trinajstić information content (AvgIpc) is 3.10. The van der Waals surface area contributed by atoms with E-state index in [4.69, 9.17) is 25.9 Å². The molecule has 2 aliphatic rings. The van der Waals surface area contributed by atoms with Crippen molar-refractivity contribution >= 4 is 20.2 Å². The topological polar surface area (TPSA) is 114 Å². The molecule has 0 saturated heterocycles. The Morgan fingerprint density at radius 2 is 0.966 bits per heavy atom. The fourth-order valence-corrected chi connectivity index (χ4v) is 1.03. The zero-order chi connectivity index (χ0) is 22.8. The molecule has 0 aromatic carbocycles. The standard InChI is InChI=1S/2C6H7.2CHF3O3S.Zr/c2*1-6-4-2-3-5-6;2*2-1(3,4)8(5,6)7;/h2*2,4H,3H2,1H3;2*(H,5,6,7);/q2*-1;;;+4/p-2. The summed E-state index contributed by atoms with van der Waals surface area (Å²) in [5.41, 5.74) is -8.75. The van der Waals surface area contributed by atoms with Gasteiger partial charge in [-0.3, -0.25) is 12.2 Å². The molecule has 29 heavy (non-hydrogen) atoms. The second-order valence-corrected chi connectivity index (χ2v) is 7.47. The van der Waals surface area contributed by atoms with Gasteiger partial charge in [0.2, 0.25) is 0 Å². The summed E-state index contributed by atoms with van der Waals surface area (Å²) in [6, 6.07) is 0. The zero-order valence-electron chi connectivity index (χ0n) is 14.8. The third-order valence-electron chi connectivity index (χ3n) is 2.30. The Bertz CT molecular complexity index is 746. The van der Waals surface area contributed by atoms with Crippen LogP contribution in [0.5, 0.6) is 0 Å². The Morgan fingerprint density at radius 1 is 0.759 bits per heavy atom. The predicted molar refractivity (Wildman–Crippen MR) is 83.9 cm³/mol. The van der Waals surface area contributed by atoms with Gasteiger partial charge in [0, 0.05) is 0 Å². The van der Waals surface area contributed by atoms with Crippen molar-refractivity contribution in [2.24, 2.45) is 0 Å². The van der Waals surface area contributed by atoms with Gasteiger partial charge in [-0.15, -0.1) is 12.8 Å². The maximum atomic E-state index is 10.7. The summed E-state index contributed by atoms with van der Waals surface area (Å²) in [5, 5.41) is 0. The molecule has 2 aliphatic carbocycles. The Kier molecular flexibility index (Phi) is 15.3. The largest absolute Gasteiger partial charge is 4.00 e. The molecular weight excluding hydrogens is 533 g/mol. The number of alkyl halides is 6. The van der Waals surface area contributed by atoms with Crippen molar-refractivity contribution < 1.29 is 78.5 Å². The zero-order valence-corrected chi connectivity index (χ0v) is 18.8. The minimum atomic E-state index is -6.09. The van der Waals surface area contributed by atoms with E-state index in [-0.39, 0.29) is 26.2 Å². The van der Waals surface area contributed by atoms with Crippen molar-refractivity contribution in [2.75, 3.05) is 0 Å². The van der Waals surface area contributed by atoms with Gasteiger partial charge in [-0.25, -0.2) is 40.1 Å². The van der Waals surface area contributed by atoms with E-state index in [2.05, 4.69) is 50.3 Å². The van der Waals surface area contributed by atoms with Crippen LogP contribution < -0.4 is 0 Å². The molecule has 0 N–H and O–H groups in total. The summed E-state index contributed by atoms with van der Waals surface area (Å²) in [6.07, 6.45) is 16.7. The molecule has 0 unspecified atom stereocenters. The van der Waals surface area contributed by atoms with Crippen molar-refractivity contribution in [2.45, 2.75) is 37.7 Å². The first-order chi connectivity index (χ1) is 12.3. The number of halogens is 6. The molecule has 0 heterocycles. The molecule has 0 aliphatic heterocycles. The molecule has 0 amide bonds. The Labute approximate surface area is 183 Å². The second kappa shape index (κ2) is 13.5. The predicted octanol–water partition coefficient (Wildman–Crippen LogP) is 3.49. The summed E-state index contributed by atoms with van der Waals surface area (Å²) < 4.78 is 118. The SMILES string of the molecule is CC1=[C-]CC=C1.CC1=[C-]CC=C1.O=S(=O)([O-])C(F)(F)F.O=S(=O)([O-])C(F)(F)F.[Zr+4]. The van der Waals surface area contributed by atoms with Crippen LogP contribution in [0.1, 0.15) is 26.7 Å². The molecule has 0 aromatic heterocycles. The van der Waals surface area contributed by atoms with Gasteiger partial charge in [0.1, 0.15) is 0 Å². The van der Waals surface area contributed by atoms with Gasteiger partial charge in [0.25, 0.3) is 0 Å². The quantitative estimate of drug-likeness (QED) is 0.199. The number of rotatable bonds is 0. The summed E-state index contributed by atoms with van der Waals surface area (Å²) in [6.45, 7) is 4.12. The van der Waals surface area contributed by atoms with Crippen molar-refractivity contribution in [1.29, 1.82) is 0 Å². The average molecular weight is 548 g/mol. The Hall–Kier alpha value is -0.757. The fourth-order valence-electron chi connectivity index (χ4n) is 1.03. The second-order valence-electron chi connectivity index (χ2n) is 4.73. The molecule has 0 radical (unpaired) electrons. The third kappa shape index (κ3) is 17.8. The van der Waals surface area contributed by atoms with Crippen LogP contribution in [-0.2, 0) is 46.4 Å². The number of hydrogen-bond donors (Lipinski definition) is 0. The molecule has 15 heteroatoms. The van der Waals surface area contributed by atoms with Gasteiger partial charge in [-0.1, -0.05) is 13.8 Å². The first kappa shape index (κ1) is 32.9. The van der Waals surface area contributed by atoms with Gasteiger partial charge in [0.15, 0.2) is 20.2 Å². The fraction of sp³-hybridized carbons (Fsp3) is 0.429. The molecule has 6 nitrogen and oxygen atoms in total. The molecule has 0 bridgehead atoms. The Morgan fingerprint density at radius 3 is 1.00 bits per heavy atom. The molecule has 0 atom stereocenters. The molecule has 0 aromatic rings. The van der Waals surface area contributed by atoms with Gasteiger partial charge >= 0.3 is 37.2 Å². The molecule has 2 rings (SSSR count). The monoisotopic (exact) mass is 546 g/mol. The maximum Gasteiger partial charge on any atom is 4.00 e. The van der Waals surface area contributed by atoms with Gasteiger partial charge in [0.05, 0.1) is 0 Å². The van der Waals surface area contributed by atoms with Crippen LogP contribution in [0.3, 0.4) is 0 Å². The van der Waals surface area contributed by atoms with Gasteiger partial charge in [-0.2, -0.15) is 38.5 Å². The molecular formula is C14H14F6O6S2Zr. The molecule has 164 valence electrons. The van der Waals surface area contributed by atoms with E-state index in [9.17, 15) is 26.3 Å². The number of hydrogen-bond acceptors (Lipinski definition) is 6. The third-order valence-corrected chi connectivity index (χ3v) is 3.43. The summed E-state index contributed by atoms with van der Waals surface area (Å²) in [7, 11) is -12.2. The van der Waals surface area contributed by atoms with Gasteiger partial charge in [-0.05, 0) is 0 Å². The van der Waals surface area contributed by atoms with E-state index >= 15 is 0 Å². The van der Waals surface area contributed by atoms with Crippen LogP contribution >= 0.6 is 0 Å². The number of allylic oxidation sites excluding steroid dienone is 8. The maximum absolute atomic E-state index is 10.7. The summed E-state index contributed by atoms with van der Waals surface area (Å²) in [5.74, 6) is 0. The van der Waals surface area contributed by atoms with E-state index in [0.29, 0.717) is 0 Å². The van der Waals surface area contributed by atoms with E-state index in [1.807, 2.05) is 0 Å². The van der Waals surface area contributed by atoms with Gasteiger partial charge < -0.3 is 9.11 Å². The van der Waals surface area contributed by atoms with Crippen LogP contribution in [-0.4, -0.2) is 37.0 Å². The molecule has 0 fully saturated rings. The minimum absolute atomic E-state index is 0.